The minimum atomic E-state index is -4.13. The molecule has 190 valence electrons. The van der Waals surface area contributed by atoms with Crippen LogP contribution in [0.15, 0.2) is 36.7 Å². The number of anilines is 1. The van der Waals surface area contributed by atoms with Gasteiger partial charge in [-0.3, -0.25) is 9.69 Å². The first kappa shape index (κ1) is 25.5. The van der Waals surface area contributed by atoms with Crippen molar-refractivity contribution in [2.75, 3.05) is 37.6 Å². The fraction of sp³-hybridized carbons (Fsp3) is 0.520. The zero-order chi connectivity index (χ0) is 24.8. The van der Waals surface area contributed by atoms with Gasteiger partial charge in [-0.2, -0.15) is 13.2 Å². The number of fused-ring (bicyclic) bond motifs is 1. The number of para-hydroxylation sites is 1. The van der Waals surface area contributed by atoms with Gasteiger partial charge in [-0.1, -0.05) is 49.3 Å². The molecule has 0 saturated carbocycles. The van der Waals surface area contributed by atoms with Crippen molar-refractivity contribution in [1.29, 1.82) is 0 Å². The Bertz CT molecular complexity index is 1100. The highest BCUT2D eigenvalue weighted by molar-refractivity contribution is 7.17. The van der Waals surface area contributed by atoms with E-state index in [0.29, 0.717) is 31.1 Å². The second kappa shape index (κ2) is 11.4. The van der Waals surface area contributed by atoms with Gasteiger partial charge in [0.15, 0.2) is 5.13 Å². The summed E-state index contributed by atoms with van der Waals surface area (Å²) >= 11 is 1.34. The molecule has 3 aromatic rings. The summed E-state index contributed by atoms with van der Waals surface area (Å²) in [5, 5.41) is 5.13. The number of carbonyl (C=O) groups excluding carboxylic acids is 1. The molecule has 1 aliphatic heterocycles. The maximum Gasteiger partial charge on any atom is 0.390 e. The number of hydrogen-bond acceptors (Lipinski definition) is 5. The van der Waals surface area contributed by atoms with E-state index in [1.54, 1.807) is 6.20 Å². The van der Waals surface area contributed by atoms with Crippen molar-refractivity contribution >= 4 is 33.3 Å². The zero-order valence-corrected chi connectivity index (χ0v) is 20.7. The number of aromatic amines is 1. The molecule has 1 unspecified atom stereocenters. The topological polar surface area (TPSA) is 64.3 Å². The predicted molar refractivity (Wildman–Crippen MR) is 134 cm³/mol. The molecule has 1 fully saturated rings. The van der Waals surface area contributed by atoms with Gasteiger partial charge in [-0.15, -0.1) is 0 Å². The number of nitrogens with zero attached hydrogens (tertiary/aromatic N) is 3. The molecule has 0 spiro atoms. The summed E-state index contributed by atoms with van der Waals surface area (Å²) in [5.41, 5.74) is 2.28. The number of nitrogens with one attached hydrogen (secondary N) is 2. The Kier molecular flexibility index (Phi) is 8.33. The first-order valence-corrected chi connectivity index (χ1v) is 13.0. The number of thiazole rings is 1. The molecule has 1 aliphatic rings. The van der Waals surface area contributed by atoms with E-state index in [1.807, 2.05) is 34.2 Å². The maximum atomic E-state index is 13.1. The number of H-pyrrole nitrogens is 1. The molecule has 35 heavy (non-hydrogen) atoms. The molecule has 1 atom stereocenters. The van der Waals surface area contributed by atoms with E-state index >= 15 is 0 Å². The van der Waals surface area contributed by atoms with E-state index in [1.165, 1.54) is 22.3 Å². The highest BCUT2D eigenvalue weighted by Gasteiger charge is 2.29. The van der Waals surface area contributed by atoms with Gasteiger partial charge in [0.05, 0.1) is 12.6 Å². The van der Waals surface area contributed by atoms with Gasteiger partial charge in [0.1, 0.15) is 4.88 Å². The van der Waals surface area contributed by atoms with E-state index in [9.17, 15) is 18.0 Å². The van der Waals surface area contributed by atoms with Crippen LogP contribution in [-0.2, 0) is 6.42 Å². The average Bonchev–Trinajstić information content (AvgIpc) is 3.49. The van der Waals surface area contributed by atoms with Crippen molar-refractivity contribution < 1.29 is 18.0 Å². The Morgan fingerprint density at radius 1 is 1.23 bits per heavy atom. The number of benzene rings is 1. The third-order valence-corrected chi connectivity index (χ3v) is 7.51. The monoisotopic (exact) mass is 507 g/mol. The van der Waals surface area contributed by atoms with Crippen LogP contribution in [0, 0.1) is 0 Å². The number of aromatic nitrogens is 2. The number of amides is 1. The molecule has 2 aromatic heterocycles. The number of alkyl halides is 3. The Hall–Kier alpha value is -2.59. The van der Waals surface area contributed by atoms with Crippen LogP contribution in [0.5, 0.6) is 0 Å². The first-order chi connectivity index (χ1) is 16.8. The molecule has 0 aliphatic carbocycles. The maximum absolute atomic E-state index is 13.1. The van der Waals surface area contributed by atoms with Crippen LogP contribution in [0.25, 0.3) is 10.9 Å². The van der Waals surface area contributed by atoms with Gasteiger partial charge in [-0.05, 0) is 24.5 Å². The minimum Gasteiger partial charge on any atom is -0.361 e. The third kappa shape index (κ3) is 6.98. The molecule has 0 radical (unpaired) electrons. The fourth-order valence-corrected chi connectivity index (χ4v) is 5.33. The molecular formula is C25H32F3N5OS. The molecule has 10 heteroatoms. The lowest BCUT2D eigenvalue weighted by atomic mass is 10.0. The van der Waals surface area contributed by atoms with Gasteiger partial charge in [0, 0.05) is 55.9 Å². The lowest BCUT2D eigenvalue weighted by molar-refractivity contribution is -0.138. The van der Waals surface area contributed by atoms with E-state index in [-0.39, 0.29) is 18.5 Å². The Morgan fingerprint density at radius 3 is 2.74 bits per heavy atom. The summed E-state index contributed by atoms with van der Waals surface area (Å²) in [7, 11) is 0. The van der Waals surface area contributed by atoms with Crippen molar-refractivity contribution in [2.45, 2.75) is 51.2 Å². The molecule has 6 nitrogen and oxygen atoms in total. The van der Waals surface area contributed by atoms with Gasteiger partial charge >= 0.3 is 6.18 Å². The van der Waals surface area contributed by atoms with Gasteiger partial charge < -0.3 is 15.2 Å². The van der Waals surface area contributed by atoms with E-state index < -0.39 is 12.6 Å². The van der Waals surface area contributed by atoms with Crippen LogP contribution < -0.4 is 10.2 Å². The molecule has 4 rings (SSSR count). The molecule has 1 aromatic carbocycles. The van der Waals surface area contributed by atoms with Crippen LogP contribution in [-0.4, -0.2) is 65.7 Å². The summed E-state index contributed by atoms with van der Waals surface area (Å²) in [6.45, 7) is 4.49. The van der Waals surface area contributed by atoms with Crippen LogP contribution >= 0.6 is 11.3 Å². The van der Waals surface area contributed by atoms with Gasteiger partial charge in [-0.25, -0.2) is 4.98 Å². The number of hydrogen-bond donors (Lipinski definition) is 2. The van der Waals surface area contributed by atoms with Crippen molar-refractivity contribution in [3.63, 3.8) is 0 Å². The minimum absolute atomic E-state index is 0.0179. The highest BCUT2D eigenvalue weighted by Crippen LogP contribution is 2.26. The van der Waals surface area contributed by atoms with Gasteiger partial charge in [0.2, 0.25) is 0 Å². The fourth-order valence-electron chi connectivity index (χ4n) is 4.46. The van der Waals surface area contributed by atoms with Crippen LogP contribution in [0.4, 0.5) is 18.3 Å². The smallest absolute Gasteiger partial charge is 0.361 e. The number of halogens is 3. The number of rotatable bonds is 10. The number of unbranched alkanes of at least 4 members (excludes halogenated alkanes) is 1. The highest BCUT2D eigenvalue weighted by atomic mass is 32.1. The Morgan fingerprint density at radius 2 is 2.00 bits per heavy atom. The van der Waals surface area contributed by atoms with Crippen molar-refractivity contribution in [1.82, 2.24) is 20.2 Å². The molecular weight excluding hydrogens is 475 g/mol. The van der Waals surface area contributed by atoms with E-state index in [2.05, 4.69) is 28.3 Å². The molecule has 0 bridgehead atoms. The van der Waals surface area contributed by atoms with Crippen molar-refractivity contribution in [2.24, 2.45) is 0 Å². The average molecular weight is 508 g/mol. The van der Waals surface area contributed by atoms with Gasteiger partial charge in [0.25, 0.3) is 5.91 Å². The summed E-state index contributed by atoms with van der Waals surface area (Å²) in [6.07, 6.45) is 2.45. The molecule has 1 amide bonds. The third-order valence-electron chi connectivity index (χ3n) is 6.45. The van der Waals surface area contributed by atoms with Crippen LogP contribution in [0.3, 0.4) is 0 Å². The van der Waals surface area contributed by atoms with Crippen LogP contribution in [0.1, 0.15) is 47.8 Å². The second-order valence-corrected chi connectivity index (χ2v) is 10.1. The number of piperazine rings is 1. The zero-order valence-electron chi connectivity index (χ0n) is 19.9. The molecule has 1 saturated heterocycles. The standard InChI is InChI=1S/C25H32F3N5OS/c1-2-3-6-19(15-18-16-29-21-8-5-4-7-20(18)21)31-23(34)22-17-30-24(35-22)33-13-11-32(12-14-33)10-9-25(26,27)28/h4-5,7-8,16-17,19,29H,2-3,6,9-15H2,1H3,(H,31,34). The SMILES string of the molecule is CCCCC(Cc1c[nH]c2ccccc12)NC(=O)c1cnc(N2CCN(CCC(F)(F)F)CC2)s1. The normalized spacial score (nSPS) is 16.1. The van der Waals surface area contributed by atoms with Crippen molar-refractivity contribution in [3.05, 3.63) is 47.1 Å². The lowest BCUT2D eigenvalue weighted by Gasteiger charge is -2.34. The second-order valence-electron chi connectivity index (χ2n) is 9.08. The summed E-state index contributed by atoms with van der Waals surface area (Å²) < 4.78 is 37.4. The first-order valence-electron chi connectivity index (χ1n) is 12.2. The lowest BCUT2D eigenvalue weighted by Crippen LogP contribution is -2.47. The summed E-state index contributed by atoms with van der Waals surface area (Å²) in [6, 6.07) is 8.19. The molecule has 3 heterocycles. The van der Waals surface area contributed by atoms with E-state index in [4.69, 9.17) is 0 Å². The van der Waals surface area contributed by atoms with Crippen molar-refractivity contribution in [3.8, 4) is 0 Å². The summed E-state index contributed by atoms with van der Waals surface area (Å²) in [5.74, 6) is -0.126. The van der Waals surface area contributed by atoms with Crippen LogP contribution in [0.2, 0.25) is 0 Å². The largest absolute Gasteiger partial charge is 0.390 e. The summed E-state index contributed by atoms with van der Waals surface area (Å²) in [4.78, 5) is 25.2. The number of carbonyl (C=O) groups is 1. The molecule has 2 N–H and O–H groups in total. The Balaban J connectivity index is 1.34. The predicted octanol–water partition coefficient (Wildman–Crippen LogP) is 5.23. The quantitative estimate of drug-likeness (QED) is 0.395. The van der Waals surface area contributed by atoms with E-state index in [0.717, 1.165) is 36.3 Å². The Labute approximate surface area is 207 Å².